The highest BCUT2D eigenvalue weighted by atomic mass is 79.9. The number of nitrogens with zero attached hydrogens (tertiary/aromatic N) is 6. The lowest BCUT2D eigenvalue weighted by molar-refractivity contribution is -0.212. The molecule has 4 rings (SSSR count). The molecule has 39 heavy (non-hydrogen) atoms. The van der Waals surface area contributed by atoms with Crippen molar-refractivity contribution < 1.29 is 33.3 Å². The molecule has 1 saturated heterocycles. The van der Waals surface area contributed by atoms with E-state index in [2.05, 4.69) is 36.2 Å². The summed E-state index contributed by atoms with van der Waals surface area (Å²) in [6, 6.07) is 2.74. The fourth-order valence-electron chi connectivity index (χ4n) is 3.87. The van der Waals surface area contributed by atoms with Crippen LogP contribution in [0.1, 0.15) is 32.5 Å². The topological polar surface area (TPSA) is 168 Å². The van der Waals surface area contributed by atoms with Crippen LogP contribution in [0.15, 0.2) is 39.4 Å². The van der Waals surface area contributed by atoms with Crippen LogP contribution in [0.5, 0.6) is 0 Å². The molecule has 0 bridgehead atoms. The highest BCUT2D eigenvalue weighted by Gasteiger charge is 2.52. The highest BCUT2D eigenvalue weighted by molar-refractivity contribution is 9.10. The van der Waals surface area contributed by atoms with Gasteiger partial charge in [-0.15, -0.1) is 16.4 Å². The Morgan fingerprint density at radius 3 is 2.56 bits per heavy atom. The van der Waals surface area contributed by atoms with E-state index in [0.717, 1.165) is 11.8 Å². The summed E-state index contributed by atoms with van der Waals surface area (Å²) in [5.41, 5.74) is -0.402. The van der Waals surface area contributed by atoms with E-state index in [9.17, 15) is 19.6 Å². The monoisotopic (exact) mass is 636 g/mol. The maximum atomic E-state index is 12.3. The molecule has 5 atom stereocenters. The third kappa shape index (κ3) is 6.98. The maximum Gasteiger partial charge on any atom is 0.303 e. The quantitative estimate of drug-likeness (QED) is 0.261. The minimum atomic E-state index is -1.11. The number of nitriles is 1. The normalized spacial score (nSPS) is 22.5. The Hall–Kier alpha value is -3.39. The molecule has 0 saturated carbocycles. The van der Waals surface area contributed by atoms with Gasteiger partial charge in [-0.25, -0.2) is 14.6 Å². The molecule has 204 valence electrons. The van der Waals surface area contributed by atoms with E-state index in [1.807, 2.05) is 6.07 Å². The van der Waals surface area contributed by atoms with Gasteiger partial charge < -0.3 is 18.9 Å². The molecule has 0 aliphatic carbocycles. The Kier molecular flexibility index (Phi) is 9.28. The zero-order valence-corrected chi connectivity index (χ0v) is 23.9. The number of aromatic nitrogens is 5. The zero-order valence-electron chi connectivity index (χ0n) is 20.7. The first-order valence-corrected chi connectivity index (χ1v) is 13.9. The van der Waals surface area contributed by atoms with Gasteiger partial charge in [0.2, 0.25) is 0 Å². The van der Waals surface area contributed by atoms with Crippen molar-refractivity contribution >= 4 is 56.9 Å². The van der Waals surface area contributed by atoms with Crippen LogP contribution in [0, 0.1) is 11.3 Å². The summed E-state index contributed by atoms with van der Waals surface area (Å²) in [5, 5.41) is 20.4. The van der Waals surface area contributed by atoms with Crippen LogP contribution < -0.4 is 0 Å². The van der Waals surface area contributed by atoms with Gasteiger partial charge in [0.05, 0.1) is 6.20 Å². The molecule has 3 aromatic rings. The van der Waals surface area contributed by atoms with Crippen LogP contribution in [-0.4, -0.2) is 73.2 Å². The van der Waals surface area contributed by atoms with E-state index in [4.69, 9.17) is 18.9 Å². The molecule has 0 spiro atoms. The van der Waals surface area contributed by atoms with Crippen LogP contribution in [0.4, 0.5) is 0 Å². The number of carbonyl (C=O) groups is 3. The molecule has 0 N–H and O–H groups in total. The molecular formula is C23H21BrN6O7S2. The number of thioether (sulfide) groups is 1. The van der Waals surface area contributed by atoms with Gasteiger partial charge >= 0.3 is 17.9 Å². The zero-order chi connectivity index (χ0) is 28.1. The maximum absolute atomic E-state index is 12.3. The third-order valence-electron chi connectivity index (χ3n) is 5.31. The predicted molar refractivity (Wildman–Crippen MR) is 139 cm³/mol. The van der Waals surface area contributed by atoms with E-state index < -0.39 is 47.7 Å². The summed E-state index contributed by atoms with van der Waals surface area (Å²) in [6.07, 6.45) is 1.49. The van der Waals surface area contributed by atoms with E-state index in [-0.39, 0.29) is 12.3 Å². The fraction of sp³-hybridized carbons (Fsp3) is 0.391. The number of pyridine rings is 1. The Balaban J connectivity index is 1.82. The van der Waals surface area contributed by atoms with Crippen molar-refractivity contribution in [1.82, 2.24) is 25.0 Å². The van der Waals surface area contributed by atoms with Gasteiger partial charge in [-0.05, 0) is 22.0 Å². The number of rotatable bonds is 8. The SMILES string of the molecule is CC(=O)OCC1OC(Sc2cc(Br)cnc2C#N)C(OC(C)=O)C(n2cc(-c3nccs3)nn2)C1OC(C)=O. The Labute approximate surface area is 238 Å². The summed E-state index contributed by atoms with van der Waals surface area (Å²) in [7, 11) is 0. The van der Waals surface area contributed by atoms with Crippen molar-refractivity contribution in [1.29, 1.82) is 5.26 Å². The van der Waals surface area contributed by atoms with Crippen LogP contribution in [0.2, 0.25) is 0 Å². The highest BCUT2D eigenvalue weighted by Crippen LogP contribution is 2.42. The standard InChI is InChI=1S/C23H21BrN6O7S2/c1-11(31)34-10-17-20(35-12(2)32)19(30-9-16(28-29-30)22-26-4-5-38-22)21(36-13(3)33)23(37-17)39-18-6-14(24)8-27-15(18)7-25/h4-6,8-9,17,19-21,23H,10H2,1-3H3. The van der Waals surface area contributed by atoms with Crippen LogP contribution >= 0.6 is 39.0 Å². The molecular weight excluding hydrogens is 616 g/mol. The van der Waals surface area contributed by atoms with Crippen molar-refractivity contribution in [2.75, 3.05) is 6.61 Å². The second kappa shape index (κ2) is 12.6. The fourth-order valence-corrected chi connectivity index (χ4v) is 6.14. The first-order valence-electron chi connectivity index (χ1n) is 11.3. The van der Waals surface area contributed by atoms with Crippen molar-refractivity contribution in [2.24, 2.45) is 0 Å². The number of hydrogen-bond donors (Lipinski definition) is 0. The third-order valence-corrected chi connectivity index (χ3v) is 7.71. The lowest BCUT2D eigenvalue weighted by atomic mass is 9.96. The van der Waals surface area contributed by atoms with Gasteiger partial charge in [-0.3, -0.25) is 14.4 Å². The lowest BCUT2D eigenvalue weighted by Crippen LogP contribution is -2.57. The van der Waals surface area contributed by atoms with Gasteiger partial charge in [0.15, 0.2) is 17.9 Å². The molecule has 4 heterocycles. The van der Waals surface area contributed by atoms with Gasteiger partial charge in [-0.1, -0.05) is 17.0 Å². The molecule has 1 fully saturated rings. The van der Waals surface area contributed by atoms with Gasteiger partial charge in [-0.2, -0.15) is 5.26 Å². The van der Waals surface area contributed by atoms with Crippen molar-refractivity contribution in [3.05, 3.63) is 40.2 Å². The minimum absolute atomic E-state index is 0.121. The van der Waals surface area contributed by atoms with E-state index in [1.54, 1.807) is 23.8 Å². The Bertz CT molecular complexity index is 1400. The van der Waals surface area contributed by atoms with Crippen molar-refractivity contribution in [3.63, 3.8) is 0 Å². The van der Waals surface area contributed by atoms with Crippen molar-refractivity contribution in [2.45, 2.75) is 55.5 Å². The van der Waals surface area contributed by atoms with Gasteiger partial charge in [0, 0.05) is 47.9 Å². The summed E-state index contributed by atoms with van der Waals surface area (Å²) in [6.45, 7) is 3.41. The van der Waals surface area contributed by atoms with Crippen molar-refractivity contribution in [3.8, 4) is 16.8 Å². The number of carbonyl (C=O) groups excluding carboxylic acids is 3. The number of hydrogen-bond acceptors (Lipinski definition) is 14. The summed E-state index contributed by atoms with van der Waals surface area (Å²) in [5.74, 6) is -1.84. The second-order valence-corrected chi connectivity index (χ2v) is 11.1. The van der Waals surface area contributed by atoms with Crippen LogP contribution in [0.25, 0.3) is 10.7 Å². The molecule has 5 unspecified atom stereocenters. The van der Waals surface area contributed by atoms with Gasteiger partial charge in [0.25, 0.3) is 0 Å². The molecule has 0 radical (unpaired) electrons. The second-order valence-electron chi connectivity index (χ2n) is 8.14. The Morgan fingerprint density at radius 1 is 1.18 bits per heavy atom. The average Bonchev–Trinajstić information content (AvgIpc) is 3.56. The Morgan fingerprint density at radius 2 is 1.92 bits per heavy atom. The molecule has 13 nitrogen and oxygen atoms in total. The van der Waals surface area contributed by atoms with Crippen LogP contribution in [-0.2, 0) is 33.3 Å². The largest absolute Gasteiger partial charge is 0.463 e. The molecule has 16 heteroatoms. The number of thiazole rings is 1. The minimum Gasteiger partial charge on any atom is -0.463 e. The van der Waals surface area contributed by atoms with Gasteiger partial charge in [0.1, 0.15) is 41.0 Å². The summed E-state index contributed by atoms with van der Waals surface area (Å²) in [4.78, 5) is 44.9. The molecule has 3 aromatic heterocycles. The summed E-state index contributed by atoms with van der Waals surface area (Å²) >= 11 is 5.78. The molecule has 0 aromatic carbocycles. The summed E-state index contributed by atoms with van der Waals surface area (Å²) < 4.78 is 24.9. The molecule has 1 aliphatic rings. The predicted octanol–water partition coefficient (Wildman–Crippen LogP) is 2.92. The van der Waals surface area contributed by atoms with E-state index in [0.29, 0.717) is 20.1 Å². The van der Waals surface area contributed by atoms with E-state index in [1.165, 1.54) is 43.0 Å². The van der Waals surface area contributed by atoms with Crippen LogP contribution in [0.3, 0.4) is 0 Å². The van der Waals surface area contributed by atoms with E-state index >= 15 is 0 Å². The number of halogens is 1. The molecule has 1 aliphatic heterocycles. The lowest BCUT2D eigenvalue weighted by Gasteiger charge is -2.44. The first-order chi connectivity index (χ1) is 18.7. The smallest absolute Gasteiger partial charge is 0.303 e. The molecule has 0 amide bonds. The number of esters is 3. The first kappa shape index (κ1) is 28.6. The number of ether oxygens (including phenoxy) is 4. The average molecular weight is 637 g/mol.